The molecule has 3 N–H and O–H groups in total. The molecule has 2 amide bonds. The van der Waals surface area contributed by atoms with Crippen LogP contribution in [0.4, 0.5) is 0 Å². The molecule has 3 aromatic carbocycles. The molecule has 0 fully saturated rings. The lowest BCUT2D eigenvalue weighted by Gasteiger charge is -2.24. The molecule has 7 nitrogen and oxygen atoms in total. The number of esters is 1. The minimum absolute atomic E-state index is 0.0618. The Bertz CT molecular complexity index is 1300. The molecule has 7 heteroatoms. The van der Waals surface area contributed by atoms with Crippen LogP contribution in [0.5, 0.6) is 0 Å². The zero-order valence-electron chi connectivity index (χ0n) is 24.6. The number of aliphatic hydroxyl groups excluding tert-OH is 1. The molecule has 3 aromatic rings. The molecule has 0 saturated heterocycles. The van der Waals surface area contributed by atoms with Crippen LogP contribution >= 0.6 is 0 Å². The van der Waals surface area contributed by atoms with Gasteiger partial charge >= 0.3 is 5.97 Å². The van der Waals surface area contributed by atoms with Gasteiger partial charge in [0.15, 0.2) is 0 Å². The summed E-state index contributed by atoms with van der Waals surface area (Å²) in [6, 6.07) is 27.5. The normalized spacial score (nSPS) is 13.5. The smallest absolute Gasteiger partial charge is 0.309 e. The standard InChI is InChI=1S/C36H42N2O5/c1-3-14-30(24-34(40)37-32(25-39)23-28-18-10-6-11-19-28)35(41)38-33(29-20-12-7-13-21-29)26-43-36(42)31(15-4-2)22-27-16-8-5-9-17-27/h3-13,16-21,30-33,39H,1-2,14-15,22-26H2,(H,37,40)(H,38,41)/t30-,31-,32-,33+/m0/s1. The van der Waals surface area contributed by atoms with E-state index in [1.165, 1.54) is 0 Å². The molecule has 0 aromatic heterocycles. The molecule has 0 bridgehead atoms. The highest BCUT2D eigenvalue weighted by atomic mass is 16.5. The first kappa shape index (κ1) is 33.0. The predicted octanol–water partition coefficient (Wildman–Crippen LogP) is 5.12. The number of hydrogen-bond acceptors (Lipinski definition) is 5. The van der Waals surface area contributed by atoms with Crippen LogP contribution in [-0.4, -0.2) is 42.1 Å². The van der Waals surface area contributed by atoms with Crippen LogP contribution in [0, 0.1) is 11.8 Å². The van der Waals surface area contributed by atoms with Crippen molar-refractivity contribution in [1.82, 2.24) is 10.6 Å². The van der Waals surface area contributed by atoms with Gasteiger partial charge in [-0.3, -0.25) is 14.4 Å². The van der Waals surface area contributed by atoms with E-state index in [1.54, 1.807) is 12.2 Å². The van der Waals surface area contributed by atoms with Crippen molar-refractivity contribution < 1.29 is 24.2 Å². The van der Waals surface area contributed by atoms with Crippen LogP contribution in [-0.2, 0) is 32.0 Å². The zero-order chi connectivity index (χ0) is 30.9. The third-order valence-electron chi connectivity index (χ3n) is 7.18. The van der Waals surface area contributed by atoms with E-state index in [9.17, 15) is 19.5 Å². The molecule has 0 heterocycles. The molecule has 0 radical (unpaired) electrons. The Morgan fingerprint density at radius 3 is 1.84 bits per heavy atom. The molecule has 3 rings (SSSR count). The lowest BCUT2D eigenvalue weighted by molar-refractivity contribution is -0.150. The first-order chi connectivity index (χ1) is 20.9. The monoisotopic (exact) mass is 582 g/mol. The number of hydrogen-bond donors (Lipinski definition) is 3. The highest BCUT2D eigenvalue weighted by molar-refractivity contribution is 5.86. The van der Waals surface area contributed by atoms with E-state index in [0.717, 1.165) is 16.7 Å². The SMILES string of the molecule is C=CC[C@@H](CC(=O)N[C@H](CO)Cc1ccccc1)C(=O)N[C@H](COC(=O)[C@@H](CC=C)Cc1ccccc1)c1ccccc1. The Morgan fingerprint density at radius 2 is 1.28 bits per heavy atom. The van der Waals surface area contributed by atoms with Crippen LogP contribution in [0.3, 0.4) is 0 Å². The van der Waals surface area contributed by atoms with Gasteiger partial charge < -0.3 is 20.5 Å². The average Bonchev–Trinajstić information content (AvgIpc) is 3.03. The summed E-state index contributed by atoms with van der Waals surface area (Å²) in [5, 5.41) is 15.7. The molecule has 0 saturated carbocycles. The van der Waals surface area contributed by atoms with E-state index in [4.69, 9.17) is 4.74 Å². The Morgan fingerprint density at radius 1 is 0.744 bits per heavy atom. The summed E-state index contributed by atoms with van der Waals surface area (Å²) in [6.45, 7) is 7.27. The lowest BCUT2D eigenvalue weighted by atomic mass is 9.96. The first-order valence-electron chi connectivity index (χ1n) is 14.6. The Kier molecular flexibility index (Phi) is 13.9. The number of carbonyl (C=O) groups is 3. The summed E-state index contributed by atoms with van der Waals surface area (Å²) in [7, 11) is 0. The van der Waals surface area contributed by atoms with Gasteiger partial charge in [-0.25, -0.2) is 0 Å². The summed E-state index contributed by atoms with van der Waals surface area (Å²) in [6.07, 6.45) is 4.96. The Balaban J connectivity index is 1.65. The fourth-order valence-electron chi connectivity index (χ4n) is 4.90. The average molecular weight is 583 g/mol. The van der Waals surface area contributed by atoms with Crippen LogP contribution < -0.4 is 10.6 Å². The van der Waals surface area contributed by atoms with E-state index in [0.29, 0.717) is 19.3 Å². The topological polar surface area (TPSA) is 105 Å². The van der Waals surface area contributed by atoms with Gasteiger partial charge in [0, 0.05) is 6.42 Å². The summed E-state index contributed by atoms with van der Waals surface area (Å²) >= 11 is 0. The van der Waals surface area contributed by atoms with E-state index in [-0.39, 0.29) is 43.8 Å². The number of nitrogens with one attached hydrogen (secondary N) is 2. The number of ether oxygens (including phenoxy) is 1. The van der Waals surface area contributed by atoms with Crippen molar-refractivity contribution in [3.05, 3.63) is 133 Å². The van der Waals surface area contributed by atoms with Crippen molar-refractivity contribution in [2.24, 2.45) is 11.8 Å². The fourth-order valence-corrected chi connectivity index (χ4v) is 4.90. The van der Waals surface area contributed by atoms with Crippen LogP contribution in [0.1, 0.15) is 42.0 Å². The Labute approximate surface area is 254 Å². The van der Waals surface area contributed by atoms with Crippen molar-refractivity contribution in [2.45, 2.75) is 44.2 Å². The van der Waals surface area contributed by atoms with Crippen LogP contribution in [0.15, 0.2) is 116 Å². The molecular weight excluding hydrogens is 540 g/mol. The van der Waals surface area contributed by atoms with Crippen molar-refractivity contribution >= 4 is 17.8 Å². The van der Waals surface area contributed by atoms with Gasteiger partial charge in [0.05, 0.1) is 30.5 Å². The highest BCUT2D eigenvalue weighted by Gasteiger charge is 2.27. The fraction of sp³-hybridized carbons (Fsp3) is 0.306. The van der Waals surface area contributed by atoms with Crippen LogP contribution in [0.25, 0.3) is 0 Å². The largest absolute Gasteiger partial charge is 0.463 e. The zero-order valence-corrected chi connectivity index (χ0v) is 24.6. The maximum atomic E-state index is 13.5. The van der Waals surface area contributed by atoms with Gasteiger partial charge in [0.1, 0.15) is 6.61 Å². The molecule has 0 aliphatic carbocycles. The van der Waals surface area contributed by atoms with Gasteiger partial charge in [-0.05, 0) is 42.4 Å². The van der Waals surface area contributed by atoms with E-state index >= 15 is 0 Å². The minimum atomic E-state index is -0.693. The summed E-state index contributed by atoms with van der Waals surface area (Å²) in [4.78, 5) is 39.5. The lowest BCUT2D eigenvalue weighted by Crippen LogP contribution is -2.42. The second kappa shape index (κ2) is 18.1. The number of aliphatic hydroxyl groups is 1. The summed E-state index contributed by atoms with van der Waals surface area (Å²) < 4.78 is 5.76. The van der Waals surface area contributed by atoms with E-state index in [2.05, 4.69) is 23.8 Å². The molecule has 0 unspecified atom stereocenters. The number of benzene rings is 3. The predicted molar refractivity (Wildman–Crippen MR) is 169 cm³/mol. The molecule has 43 heavy (non-hydrogen) atoms. The molecule has 4 atom stereocenters. The molecule has 0 aliphatic heterocycles. The van der Waals surface area contributed by atoms with Gasteiger partial charge in [0.25, 0.3) is 0 Å². The van der Waals surface area contributed by atoms with Crippen molar-refractivity contribution in [3.63, 3.8) is 0 Å². The van der Waals surface area contributed by atoms with Crippen molar-refractivity contribution in [1.29, 1.82) is 0 Å². The minimum Gasteiger partial charge on any atom is -0.463 e. The number of rotatable bonds is 18. The van der Waals surface area contributed by atoms with Crippen molar-refractivity contribution in [2.75, 3.05) is 13.2 Å². The van der Waals surface area contributed by atoms with Gasteiger partial charge in [-0.2, -0.15) is 0 Å². The third kappa shape index (κ3) is 11.4. The quantitative estimate of drug-likeness (QED) is 0.143. The van der Waals surface area contributed by atoms with Gasteiger partial charge in [-0.15, -0.1) is 13.2 Å². The van der Waals surface area contributed by atoms with E-state index < -0.39 is 23.9 Å². The van der Waals surface area contributed by atoms with Gasteiger partial charge in [-0.1, -0.05) is 103 Å². The number of carbonyl (C=O) groups excluding carboxylic acids is 3. The number of amides is 2. The summed E-state index contributed by atoms with van der Waals surface area (Å²) in [5.41, 5.74) is 2.79. The first-order valence-corrected chi connectivity index (χ1v) is 14.6. The molecule has 226 valence electrons. The van der Waals surface area contributed by atoms with Gasteiger partial charge in [0.2, 0.25) is 11.8 Å². The Hall–Kier alpha value is -4.49. The van der Waals surface area contributed by atoms with Crippen molar-refractivity contribution in [3.8, 4) is 0 Å². The number of allylic oxidation sites excluding steroid dienone is 2. The van der Waals surface area contributed by atoms with Crippen LogP contribution in [0.2, 0.25) is 0 Å². The second-order valence-electron chi connectivity index (χ2n) is 10.6. The molecule has 0 spiro atoms. The second-order valence-corrected chi connectivity index (χ2v) is 10.6. The van der Waals surface area contributed by atoms with E-state index in [1.807, 2.05) is 91.0 Å². The summed E-state index contributed by atoms with van der Waals surface area (Å²) in [5.74, 6) is -2.15. The third-order valence-corrected chi connectivity index (χ3v) is 7.18. The maximum Gasteiger partial charge on any atom is 0.309 e. The highest BCUT2D eigenvalue weighted by Crippen LogP contribution is 2.20. The molecular formula is C36H42N2O5. The molecule has 0 aliphatic rings. The maximum absolute atomic E-state index is 13.5.